The maximum atomic E-state index is 13.0. The Kier molecular flexibility index (Phi) is 4.08. The van der Waals surface area contributed by atoms with Crippen LogP contribution in [0.1, 0.15) is 43.2 Å². The van der Waals surface area contributed by atoms with Gasteiger partial charge >= 0.3 is 0 Å². The van der Waals surface area contributed by atoms with Crippen molar-refractivity contribution in [2.45, 2.75) is 56.5 Å². The number of nitrogens with zero attached hydrogens (tertiary/aromatic N) is 1. The van der Waals surface area contributed by atoms with Crippen LogP contribution in [0.15, 0.2) is 23.1 Å². The second-order valence-corrected chi connectivity index (χ2v) is 8.20. The molecular formula is C16H24N2O2S. The fraction of sp³-hybridized carbons (Fsp3) is 0.625. The van der Waals surface area contributed by atoms with Crippen LogP contribution in [0.3, 0.4) is 0 Å². The van der Waals surface area contributed by atoms with Crippen LogP contribution in [0.25, 0.3) is 0 Å². The van der Waals surface area contributed by atoms with Crippen molar-refractivity contribution < 1.29 is 8.42 Å². The third-order valence-corrected chi connectivity index (χ3v) is 7.00. The summed E-state index contributed by atoms with van der Waals surface area (Å²) in [7, 11) is -3.37. The number of sulfonamides is 1. The molecule has 1 heterocycles. The lowest BCUT2D eigenvalue weighted by molar-refractivity contribution is 0.202. The smallest absolute Gasteiger partial charge is 0.243 e. The van der Waals surface area contributed by atoms with Crippen molar-refractivity contribution in [2.24, 2.45) is 11.7 Å². The Balaban J connectivity index is 1.94. The first kappa shape index (κ1) is 15.0. The van der Waals surface area contributed by atoms with Crippen LogP contribution in [0.2, 0.25) is 0 Å². The Bertz CT molecular complexity index is 627. The third kappa shape index (κ3) is 2.62. The fourth-order valence-corrected chi connectivity index (χ4v) is 5.74. The van der Waals surface area contributed by atoms with E-state index in [2.05, 4.69) is 0 Å². The summed E-state index contributed by atoms with van der Waals surface area (Å²) in [4.78, 5) is 0.421. The summed E-state index contributed by atoms with van der Waals surface area (Å²) in [5, 5.41) is 0. The van der Waals surface area contributed by atoms with Crippen molar-refractivity contribution >= 4 is 10.0 Å². The Morgan fingerprint density at radius 2 is 2.00 bits per heavy atom. The zero-order valence-corrected chi connectivity index (χ0v) is 13.4. The molecule has 2 N–H and O–H groups in total. The number of nitrogens with two attached hydrogens (primary N) is 1. The van der Waals surface area contributed by atoms with Crippen molar-refractivity contribution in [3.8, 4) is 0 Å². The van der Waals surface area contributed by atoms with Gasteiger partial charge in [0.1, 0.15) is 0 Å². The summed E-state index contributed by atoms with van der Waals surface area (Å²) in [6.45, 7) is 3.04. The van der Waals surface area contributed by atoms with Gasteiger partial charge < -0.3 is 5.73 Å². The van der Waals surface area contributed by atoms with Crippen molar-refractivity contribution in [2.75, 3.05) is 6.54 Å². The molecule has 4 nitrogen and oxygen atoms in total. The van der Waals surface area contributed by atoms with E-state index in [4.69, 9.17) is 5.73 Å². The first-order valence-electron chi connectivity index (χ1n) is 7.85. The molecule has 21 heavy (non-hydrogen) atoms. The zero-order chi connectivity index (χ0) is 15.0. The minimum absolute atomic E-state index is 0.221. The highest BCUT2D eigenvalue weighted by molar-refractivity contribution is 7.89. The largest absolute Gasteiger partial charge is 0.326 e. The Morgan fingerprint density at radius 1 is 1.24 bits per heavy atom. The minimum atomic E-state index is -3.37. The van der Waals surface area contributed by atoms with Gasteiger partial charge in [0.15, 0.2) is 0 Å². The molecule has 2 fully saturated rings. The van der Waals surface area contributed by atoms with E-state index in [1.807, 2.05) is 13.0 Å². The van der Waals surface area contributed by atoms with Gasteiger partial charge in [0.25, 0.3) is 0 Å². The van der Waals surface area contributed by atoms with Crippen LogP contribution in [-0.4, -0.2) is 25.3 Å². The average Bonchev–Trinajstić information content (AvgIpc) is 2.95. The van der Waals surface area contributed by atoms with Gasteiger partial charge in [-0.1, -0.05) is 12.5 Å². The molecule has 1 aliphatic carbocycles. The van der Waals surface area contributed by atoms with E-state index < -0.39 is 10.0 Å². The molecular weight excluding hydrogens is 284 g/mol. The van der Waals surface area contributed by atoms with Crippen LogP contribution in [0.5, 0.6) is 0 Å². The predicted molar refractivity (Wildman–Crippen MR) is 83.3 cm³/mol. The molecule has 3 rings (SSSR count). The average molecular weight is 308 g/mol. The Hall–Kier alpha value is -0.910. The van der Waals surface area contributed by atoms with Gasteiger partial charge in [-0.25, -0.2) is 8.42 Å². The summed E-state index contributed by atoms with van der Waals surface area (Å²) in [6, 6.07) is 5.55. The van der Waals surface area contributed by atoms with Crippen molar-refractivity contribution in [1.82, 2.24) is 4.31 Å². The molecule has 2 unspecified atom stereocenters. The van der Waals surface area contributed by atoms with E-state index in [0.29, 0.717) is 23.9 Å². The minimum Gasteiger partial charge on any atom is -0.326 e. The Morgan fingerprint density at radius 3 is 2.71 bits per heavy atom. The topological polar surface area (TPSA) is 63.4 Å². The standard InChI is InChI=1S/C16H24N2O2S/c1-12-10-15(8-7-14(12)11-17)21(19,20)18-9-3-5-13-4-2-6-16(13)18/h7-8,10,13,16H,2-6,9,11,17H2,1H3. The van der Waals surface area contributed by atoms with Gasteiger partial charge in [-0.05, 0) is 61.8 Å². The van der Waals surface area contributed by atoms with E-state index in [-0.39, 0.29) is 6.04 Å². The maximum absolute atomic E-state index is 13.0. The highest BCUT2D eigenvalue weighted by Crippen LogP contribution is 2.39. The zero-order valence-electron chi connectivity index (χ0n) is 12.6. The monoisotopic (exact) mass is 308 g/mol. The molecule has 1 aromatic carbocycles. The molecule has 1 aromatic rings. The Labute approximate surface area is 127 Å². The highest BCUT2D eigenvalue weighted by Gasteiger charge is 2.41. The summed E-state index contributed by atoms with van der Waals surface area (Å²) in [5.41, 5.74) is 7.63. The van der Waals surface area contributed by atoms with Gasteiger partial charge in [0.2, 0.25) is 10.0 Å². The van der Waals surface area contributed by atoms with E-state index in [0.717, 1.165) is 30.4 Å². The van der Waals surface area contributed by atoms with Crippen molar-refractivity contribution in [1.29, 1.82) is 0 Å². The highest BCUT2D eigenvalue weighted by atomic mass is 32.2. The normalized spacial score (nSPS) is 26.8. The van der Waals surface area contributed by atoms with E-state index in [1.165, 1.54) is 12.8 Å². The van der Waals surface area contributed by atoms with Crippen molar-refractivity contribution in [3.05, 3.63) is 29.3 Å². The van der Waals surface area contributed by atoms with Crippen LogP contribution < -0.4 is 5.73 Å². The van der Waals surface area contributed by atoms with E-state index in [1.54, 1.807) is 16.4 Å². The first-order chi connectivity index (χ1) is 10.0. The van der Waals surface area contributed by atoms with Crippen LogP contribution in [0, 0.1) is 12.8 Å². The van der Waals surface area contributed by atoms with Gasteiger partial charge in [-0.3, -0.25) is 0 Å². The molecule has 0 amide bonds. The predicted octanol–water partition coefficient (Wildman–Crippen LogP) is 2.41. The second kappa shape index (κ2) is 5.71. The number of hydrogen-bond acceptors (Lipinski definition) is 3. The lowest BCUT2D eigenvalue weighted by atomic mass is 9.94. The molecule has 0 spiro atoms. The number of hydrogen-bond donors (Lipinski definition) is 1. The van der Waals surface area contributed by atoms with Gasteiger partial charge in [-0.2, -0.15) is 4.31 Å². The first-order valence-corrected chi connectivity index (χ1v) is 9.29. The number of fused-ring (bicyclic) bond motifs is 1. The van der Waals surface area contributed by atoms with Gasteiger partial charge in [0.05, 0.1) is 4.90 Å². The molecule has 116 valence electrons. The SMILES string of the molecule is Cc1cc(S(=O)(=O)N2CCCC3CCCC32)ccc1CN. The second-order valence-electron chi connectivity index (χ2n) is 6.31. The maximum Gasteiger partial charge on any atom is 0.243 e. The molecule has 0 bridgehead atoms. The molecule has 2 atom stereocenters. The van der Waals surface area contributed by atoms with Crippen molar-refractivity contribution in [3.63, 3.8) is 0 Å². The molecule has 1 saturated heterocycles. The quantitative estimate of drug-likeness (QED) is 0.932. The summed E-state index contributed by atoms with van der Waals surface area (Å²) < 4.78 is 27.7. The summed E-state index contributed by atoms with van der Waals surface area (Å²) >= 11 is 0. The van der Waals surface area contributed by atoms with Crippen LogP contribution in [0.4, 0.5) is 0 Å². The molecule has 0 aromatic heterocycles. The summed E-state index contributed by atoms with van der Waals surface area (Å²) in [5.74, 6) is 0.568. The molecule has 2 aliphatic rings. The lowest BCUT2D eigenvalue weighted by Gasteiger charge is -2.36. The van der Waals surface area contributed by atoms with Crippen LogP contribution in [-0.2, 0) is 16.6 Å². The molecule has 1 aliphatic heterocycles. The van der Waals surface area contributed by atoms with E-state index in [9.17, 15) is 8.42 Å². The number of piperidine rings is 1. The number of benzene rings is 1. The number of rotatable bonds is 3. The molecule has 0 radical (unpaired) electrons. The number of aryl methyl sites for hydroxylation is 1. The fourth-order valence-electron chi connectivity index (χ4n) is 3.90. The molecule has 5 heteroatoms. The summed E-state index contributed by atoms with van der Waals surface area (Å²) in [6.07, 6.45) is 5.53. The van der Waals surface area contributed by atoms with Crippen LogP contribution >= 0.6 is 0 Å². The van der Waals surface area contributed by atoms with Gasteiger partial charge in [0, 0.05) is 19.1 Å². The van der Waals surface area contributed by atoms with Gasteiger partial charge in [-0.15, -0.1) is 0 Å². The lowest BCUT2D eigenvalue weighted by Crippen LogP contribution is -2.46. The third-order valence-electron chi connectivity index (χ3n) is 5.08. The van der Waals surface area contributed by atoms with E-state index >= 15 is 0 Å². The molecule has 1 saturated carbocycles.